The van der Waals surface area contributed by atoms with Crippen LogP contribution in [0.15, 0.2) is 43.1 Å². The number of hydrogen-bond donors (Lipinski definition) is 2. The average molecular weight is 307 g/mol. The van der Waals surface area contributed by atoms with Crippen LogP contribution in [0.3, 0.4) is 0 Å². The quantitative estimate of drug-likeness (QED) is 0.764. The Hall–Kier alpha value is -2.89. The van der Waals surface area contributed by atoms with E-state index in [9.17, 15) is 4.79 Å². The molecule has 6 heteroatoms. The van der Waals surface area contributed by atoms with Gasteiger partial charge in [-0.25, -0.2) is 4.98 Å². The highest BCUT2D eigenvalue weighted by atomic mass is 16.1. The molecule has 4 heterocycles. The van der Waals surface area contributed by atoms with Crippen LogP contribution in [0.2, 0.25) is 0 Å². The molecule has 3 aromatic rings. The topological polar surface area (TPSA) is 75.6 Å². The number of carbonyl (C=O) groups is 1. The molecule has 2 N–H and O–H groups in total. The Morgan fingerprint density at radius 2 is 2.26 bits per heavy atom. The van der Waals surface area contributed by atoms with Crippen molar-refractivity contribution in [1.82, 2.24) is 19.5 Å². The summed E-state index contributed by atoms with van der Waals surface area (Å²) >= 11 is 0. The zero-order valence-electron chi connectivity index (χ0n) is 13.0. The maximum absolute atomic E-state index is 12.6. The second-order valence-electron chi connectivity index (χ2n) is 6.36. The molecule has 4 rings (SSSR count). The SMILES string of the molecule is CC1(C)Cc2[nH]cc(C(=O)Nc3cccnc3)c2-c2nccn21. The lowest BCUT2D eigenvalue weighted by Crippen LogP contribution is -2.33. The molecule has 0 saturated heterocycles. The highest BCUT2D eigenvalue weighted by Crippen LogP contribution is 2.38. The molecule has 1 aliphatic heterocycles. The second kappa shape index (κ2) is 4.81. The van der Waals surface area contributed by atoms with Gasteiger partial charge in [-0.3, -0.25) is 9.78 Å². The first-order valence-electron chi connectivity index (χ1n) is 7.52. The monoisotopic (exact) mass is 307 g/mol. The van der Waals surface area contributed by atoms with Gasteiger partial charge < -0.3 is 14.9 Å². The molecule has 0 radical (unpaired) electrons. The minimum Gasteiger partial charge on any atom is -0.364 e. The number of hydrogen-bond acceptors (Lipinski definition) is 3. The van der Waals surface area contributed by atoms with Gasteiger partial charge in [0.15, 0.2) is 0 Å². The highest BCUT2D eigenvalue weighted by molar-refractivity contribution is 6.08. The van der Waals surface area contributed by atoms with Crippen LogP contribution in [0.5, 0.6) is 0 Å². The van der Waals surface area contributed by atoms with Gasteiger partial charge in [0.1, 0.15) is 5.82 Å². The van der Waals surface area contributed by atoms with Gasteiger partial charge in [-0.2, -0.15) is 0 Å². The predicted octanol–water partition coefficient (Wildman–Crippen LogP) is 2.82. The van der Waals surface area contributed by atoms with E-state index in [0.717, 1.165) is 23.5 Å². The molecular weight excluding hydrogens is 290 g/mol. The summed E-state index contributed by atoms with van der Waals surface area (Å²) in [6.07, 6.45) is 9.63. The molecule has 1 aliphatic rings. The summed E-state index contributed by atoms with van der Waals surface area (Å²) in [5.74, 6) is 0.665. The summed E-state index contributed by atoms with van der Waals surface area (Å²) in [6, 6.07) is 3.60. The van der Waals surface area contributed by atoms with Crippen LogP contribution in [0.4, 0.5) is 5.69 Å². The van der Waals surface area contributed by atoms with Gasteiger partial charge in [0.05, 0.1) is 23.0 Å². The van der Waals surface area contributed by atoms with Gasteiger partial charge >= 0.3 is 0 Å². The van der Waals surface area contributed by atoms with Crippen molar-refractivity contribution in [2.45, 2.75) is 25.8 Å². The number of nitrogens with zero attached hydrogens (tertiary/aromatic N) is 3. The van der Waals surface area contributed by atoms with Crippen LogP contribution in [-0.2, 0) is 12.0 Å². The summed E-state index contributed by atoms with van der Waals surface area (Å²) in [7, 11) is 0. The number of pyridine rings is 1. The number of rotatable bonds is 2. The van der Waals surface area contributed by atoms with Crippen LogP contribution in [-0.4, -0.2) is 25.4 Å². The molecule has 0 aromatic carbocycles. The van der Waals surface area contributed by atoms with E-state index < -0.39 is 0 Å². The molecule has 23 heavy (non-hydrogen) atoms. The number of H-pyrrole nitrogens is 1. The Balaban J connectivity index is 1.75. The predicted molar refractivity (Wildman–Crippen MR) is 87.2 cm³/mol. The summed E-state index contributed by atoms with van der Waals surface area (Å²) in [5.41, 5.74) is 3.14. The van der Waals surface area contributed by atoms with Gasteiger partial charge in [0.2, 0.25) is 0 Å². The fraction of sp³-hybridized carbons (Fsp3) is 0.235. The van der Waals surface area contributed by atoms with Crippen LogP contribution in [0, 0.1) is 0 Å². The molecule has 0 atom stereocenters. The first kappa shape index (κ1) is 13.8. The van der Waals surface area contributed by atoms with E-state index in [1.807, 2.05) is 12.3 Å². The van der Waals surface area contributed by atoms with Crippen molar-refractivity contribution in [3.05, 3.63) is 54.4 Å². The number of imidazole rings is 1. The summed E-state index contributed by atoms with van der Waals surface area (Å²) in [4.78, 5) is 24.4. The zero-order valence-corrected chi connectivity index (χ0v) is 13.0. The molecule has 0 saturated carbocycles. The Morgan fingerprint density at radius 3 is 3.04 bits per heavy atom. The van der Waals surface area contributed by atoms with Crippen molar-refractivity contribution in [2.24, 2.45) is 0 Å². The third-order valence-corrected chi connectivity index (χ3v) is 4.25. The summed E-state index contributed by atoms with van der Waals surface area (Å²) in [5, 5.41) is 2.88. The zero-order chi connectivity index (χ0) is 16.0. The molecule has 0 aliphatic carbocycles. The van der Waals surface area contributed by atoms with Crippen molar-refractivity contribution in [1.29, 1.82) is 0 Å². The normalized spacial score (nSPS) is 14.9. The van der Waals surface area contributed by atoms with Crippen LogP contribution >= 0.6 is 0 Å². The smallest absolute Gasteiger partial charge is 0.258 e. The van der Waals surface area contributed by atoms with Crippen LogP contribution in [0.25, 0.3) is 11.4 Å². The van der Waals surface area contributed by atoms with Gasteiger partial charge in [-0.05, 0) is 26.0 Å². The molecule has 3 aromatic heterocycles. The number of aromatic amines is 1. The largest absolute Gasteiger partial charge is 0.364 e. The van der Waals surface area contributed by atoms with E-state index in [2.05, 4.69) is 38.7 Å². The minimum absolute atomic E-state index is 0.0687. The maximum atomic E-state index is 12.6. The molecule has 0 fully saturated rings. The third-order valence-electron chi connectivity index (χ3n) is 4.25. The Labute approximate surface area is 133 Å². The van der Waals surface area contributed by atoms with Crippen molar-refractivity contribution >= 4 is 11.6 Å². The number of fused-ring (bicyclic) bond motifs is 3. The first-order chi connectivity index (χ1) is 11.1. The molecule has 0 bridgehead atoms. The molecule has 0 unspecified atom stereocenters. The first-order valence-corrected chi connectivity index (χ1v) is 7.52. The number of anilines is 1. The van der Waals surface area contributed by atoms with Gasteiger partial charge in [-0.1, -0.05) is 0 Å². The van der Waals surface area contributed by atoms with Crippen molar-refractivity contribution in [2.75, 3.05) is 5.32 Å². The third kappa shape index (κ3) is 2.14. The van der Waals surface area contributed by atoms with Crippen molar-refractivity contribution in [3.63, 3.8) is 0 Å². The fourth-order valence-corrected chi connectivity index (χ4v) is 3.17. The van der Waals surface area contributed by atoms with Crippen molar-refractivity contribution in [3.8, 4) is 11.4 Å². The Kier molecular flexibility index (Phi) is 2.87. The van der Waals surface area contributed by atoms with E-state index in [4.69, 9.17) is 0 Å². The number of nitrogens with one attached hydrogen (secondary N) is 2. The second-order valence-corrected chi connectivity index (χ2v) is 6.36. The van der Waals surface area contributed by atoms with Gasteiger partial charge in [0, 0.05) is 42.4 Å². The van der Waals surface area contributed by atoms with E-state index in [1.165, 1.54) is 0 Å². The van der Waals surface area contributed by atoms with Crippen molar-refractivity contribution < 1.29 is 4.79 Å². The number of amides is 1. The Morgan fingerprint density at radius 1 is 1.39 bits per heavy atom. The fourth-order valence-electron chi connectivity index (χ4n) is 3.17. The number of aromatic nitrogens is 4. The van der Waals surface area contributed by atoms with E-state index >= 15 is 0 Å². The standard InChI is InChI=1S/C17H17N5O/c1-17(2)8-13-14(15-19-6-7-22(15)17)12(10-20-13)16(23)21-11-4-3-5-18-9-11/h3-7,9-10,20H,8H2,1-2H3,(H,21,23). The molecule has 0 spiro atoms. The maximum Gasteiger partial charge on any atom is 0.258 e. The summed E-state index contributed by atoms with van der Waals surface area (Å²) in [6.45, 7) is 4.33. The van der Waals surface area contributed by atoms with E-state index in [1.54, 1.807) is 30.9 Å². The summed E-state index contributed by atoms with van der Waals surface area (Å²) < 4.78 is 2.13. The van der Waals surface area contributed by atoms with E-state index in [0.29, 0.717) is 11.3 Å². The molecule has 1 amide bonds. The molecule has 6 nitrogen and oxygen atoms in total. The minimum atomic E-state index is -0.162. The lowest BCUT2D eigenvalue weighted by molar-refractivity contribution is 0.102. The van der Waals surface area contributed by atoms with Gasteiger partial charge in [-0.15, -0.1) is 0 Å². The lowest BCUT2D eigenvalue weighted by Gasteiger charge is -2.32. The highest BCUT2D eigenvalue weighted by Gasteiger charge is 2.34. The average Bonchev–Trinajstić information content (AvgIpc) is 3.14. The molecular formula is C17H17N5O. The van der Waals surface area contributed by atoms with Crippen LogP contribution < -0.4 is 5.32 Å². The van der Waals surface area contributed by atoms with Gasteiger partial charge in [0.25, 0.3) is 5.91 Å². The van der Waals surface area contributed by atoms with Crippen LogP contribution in [0.1, 0.15) is 29.9 Å². The van der Waals surface area contributed by atoms with E-state index in [-0.39, 0.29) is 11.4 Å². The Bertz CT molecular complexity index is 876. The number of carbonyl (C=O) groups excluding carboxylic acids is 1. The molecule has 116 valence electrons. The lowest BCUT2D eigenvalue weighted by atomic mass is 9.90.